The molecule has 14 heavy (non-hydrogen) atoms. The second kappa shape index (κ2) is 5.41. The van der Waals surface area contributed by atoms with Crippen molar-refractivity contribution in [3.05, 3.63) is 41.2 Å². The Kier molecular flexibility index (Phi) is 4.15. The average Bonchev–Trinajstić information content (AvgIpc) is 2.20. The SMILES string of the molecule is N#Cc1ccc(C=CCCCl)c(F)c1. The normalized spacial score (nSPS) is 10.4. The number of nitrogens with zero attached hydrogens (tertiary/aromatic N) is 1. The molecule has 0 fully saturated rings. The van der Waals surface area contributed by atoms with Gasteiger partial charge < -0.3 is 0 Å². The molecule has 0 aliphatic heterocycles. The third-order valence-corrected chi connectivity index (χ3v) is 1.92. The van der Waals surface area contributed by atoms with Crippen LogP contribution >= 0.6 is 11.6 Å². The molecule has 0 radical (unpaired) electrons. The predicted molar refractivity (Wildman–Crippen MR) is 55.5 cm³/mol. The second-order valence-corrected chi connectivity index (χ2v) is 3.11. The van der Waals surface area contributed by atoms with Crippen LogP contribution in [0.2, 0.25) is 0 Å². The Morgan fingerprint density at radius 2 is 2.29 bits per heavy atom. The maximum atomic E-state index is 13.2. The van der Waals surface area contributed by atoms with Crippen molar-refractivity contribution in [1.29, 1.82) is 5.26 Å². The first-order chi connectivity index (χ1) is 6.77. The first-order valence-electron chi connectivity index (χ1n) is 4.20. The molecule has 0 unspecified atom stereocenters. The van der Waals surface area contributed by atoms with Crippen molar-refractivity contribution >= 4 is 17.7 Å². The van der Waals surface area contributed by atoms with Gasteiger partial charge >= 0.3 is 0 Å². The summed E-state index contributed by atoms with van der Waals surface area (Å²) in [5.74, 6) is 0.142. The number of hydrogen-bond acceptors (Lipinski definition) is 1. The van der Waals surface area contributed by atoms with Crippen molar-refractivity contribution in [2.75, 3.05) is 5.88 Å². The Balaban J connectivity index is 2.85. The van der Waals surface area contributed by atoms with Gasteiger partial charge in [0.2, 0.25) is 0 Å². The molecule has 0 saturated heterocycles. The molecule has 1 aromatic rings. The van der Waals surface area contributed by atoms with Crippen molar-refractivity contribution < 1.29 is 4.39 Å². The van der Waals surface area contributed by atoms with E-state index in [1.807, 2.05) is 6.07 Å². The third-order valence-electron chi connectivity index (χ3n) is 1.70. The van der Waals surface area contributed by atoms with Crippen LogP contribution in [0.1, 0.15) is 17.5 Å². The van der Waals surface area contributed by atoms with E-state index in [4.69, 9.17) is 16.9 Å². The number of benzene rings is 1. The van der Waals surface area contributed by atoms with Gasteiger partial charge in [-0.2, -0.15) is 5.26 Å². The van der Waals surface area contributed by atoms with Crippen LogP contribution in [0.15, 0.2) is 24.3 Å². The Bertz CT molecular complexity index is 379. The molecule has 0 heterocycles. The van der Waals surface area contributed by atoms with Gasteiger partial charge in [-0.15, -0.1) is 11.6 Å². The molecule has 1 rings (SSSR count). The van der Waals surface area contributed by atoms with E-state index < -0.39 is 0 Å². The Labute approximate surface area is 87.4 Å². The van der Waals surface area contributed by atoms with E-state index >= 15 is 0 Å². The lowest BCUT2D eigenvalue weighted by molar-refractivity contribution is 0.624. The fourth-order valence-electron chi connectivity index (χ4n) is 1.01. The van der Waals surface area contributed by atoms with Crippen molar-refractivity contribution in [2.45, 2.75) is 6.42 Å². The van der Waals surface area contributed by atoms with E-state index in [0.717, 1.165) is 0 Å². The van der Waals surface area contributed by atoms with Crippen LogP contribution < -0.4 is 0 Å². The highest BCUT2D eigenvalue weighted by atomic mass is 35.5. The number of rotatable bonds is 3. The predicted octanol–water partition coefficient (Wildman–Crippen LogP) is 3.34. The van der Waals surface area contributed by atoms with Crippen LogP contribution in [0, 0.1) is 17.1 Å². The summed E-state index contributed by atoms with van der Waals surface area (Å²) in [5.41, 5.74) is 0.811. The molecule has 1 aromatic carbocycles. The monoisotopic (exact) mass is 209 g/mol. The quantitative estimate of drug-likeness (QED) is 0.701. The van der Waals surface area contributed by atoms with Crippen molar-refractivity contribution in [3.8, 4) is 6.07 Å². The van der Waals surface area contributed by atoms with Crippen LogP contribution in [0.5, 0.6) is 0 Å². The van der Waals surface area contributed by atoms with Gasteiger partial charge in [-0.3, -0.25) is 0 Å². The molecule has 1 nitrogen and oxygen atoms in total. The van der Waals surface area contributed by atoms with Crippen LogP contribution in [0.25, 0.3) is 6.08 Å². The maximum Gasteiger partial charge on any atom is 0.131 e. The smallest absolute Gasteiger partial charge is 0.131 e. The second-order valence-electron chi connectivity index (χ2n) is 2.73. The number of alkyl halides is 1. The minimum absolute atomic E-state index is 0.331. The fourth-order valence-corrected chi connectivity index (χ4v) is 1.13. The highest BCUT2D eigenvalue weighted by Gasteiger charge is 1.99. The van der Waals surface area contributed by atoms with Crippen molar-refractivity contribution in [3.63, 3.8) is 0 Å². The third kappa shape index (κ3) is 2.86. The number of hydrogen-bond donors (Lipinski definition) is 0. The van der Waals surface area contributed by atoms with Crippen LogP contribution in [-0.4, -0.2) is 5.88 Å². The number of nitriles is 1. The largest absolute Gasteiger partial charge is 0.206 e. The summed E-state index contributed by atoms with van der Waals surface area (Å²) in [5, 5.41) is 8.51. The van der Waals surface area contributed by atoms with Crippen LogP contribution in [0.3, 0.4) is 0 Å². The number of halogens is 2. The first-order valence-corrected chi connectivity index (χ1v) is 4.73. The Morgan fingerprint density at radius 3 is 2.86 bits per heavy atom. The minimum atomic E-state index is -0.380. The molecular formula is C11H9ClFN. The first kappa shape index (κ1) is 10.7. The highest BCUT2D eigenvalue weighted by molar-refractivity contribution is 6.17. The molecule has 0 aliphatic carbocycles. The number of allylic oxidation sites excluding steroid dienone is 1. The summed E-state index contributed by atoms with van der Waals surface area (Å²) in [6.07, 6.45) is 4.18. The van der Waals surface area contributed by atoms with Gasteiger partial charge in [0.1, 0.15) is 5.82 Å². The standard InChI is InChI=1S/C11H9ClFN/c12-6-2-1-3-10-5-4-9(8-14)7-11(10)13/h1,3-5,7H,2,6H2. The summed E-state index contributed by atoms with van der Waals surface area (Å²) in [6.45, 7) is 0. The molecular weight excluding hydrogens is 201 g/mol. The molecule has 0 saturated carbocycles. The van der Waals surface area contributed by atoms with Crippen molar-refractivity contribution in [1.82, 2.24) is 0 Å². The van der Waals surface area contributed by atoms with E-state index in [1.54, 1.807) is 24.3 Å². The molecule has 0 atom stereocenters. The van der Waals surface area contributed by atoms with Gasteiger partial charge in [0.05, 0.1) is 11.6 Å². The van der Waals surface area contributed by atoms with Gasteiger partial charge in [-0.25, -0.2) is 4.39 Å². The molecule has 0 aliphatic rings. The summed E-state index contributed by atoms with van der Waals surface area (Å²) >= 11 is 5.47. The molecule has 0 spiro atoms. The summed E-state index contributed by atoms with van der Waals surface area (Å²) in [7, 11) is 0. The van der Waals surface area contributed by atoms with Crippen molar-refractivity contribution in [2.24, 2.45) is 0 Å². The summed E-state index contributed by atoms with van der Waals surface area (Å²) in [6, 6.07) is 6.27. The van der Waals surface area contributed by atoms with Crippen LogP contribution in [0.4, 0.5) is 4.39 Å². The van der Waals surface area contributed by atoms with E-state index in [-0.39, 0.29) is 5.82 Å². The molecule has 72 valence electrons. The van der Waals surface area contributed by atoms with Gasteiger partial charge in [0, 0.05) is 11.4 Å². The highest BCUT2D eigenvalue weighted by Crippen LogP contribution is 2.11. The van der Waals surface area contributed by atoms with E-state index in [2.05, 4.69) is 0 Å². The zero-order valence-electron chi connectivity index (χ0n) is 7.50. The lowest BCUT2D eigenvalue weighted by Crippen LogP contribution is -1.83. The van der Waals surface area contributed by atoms with Crippen LogP contribution in [-0.2, 0) is 0 Å². The van der Waals surface area contributed by atoms with E-state index in [0.29, 0.717) is 23.4 Å². The molecule has 0 N–H and O–H groups in total. The van der Waals surface area contributed by atoms with Gasteiger partial charge in [0.15, 0.2) is 0 Å². The lowest BCUT2D eigenvalue weighted by atomic mass is 10.1. The van der Waals surface area contributed by atoms with Gasteiger partial charge in [0.25, 0.3) is 0 Å². The molecule has 3 heteroatoms. The summed E-state index contributed by atoms with van der Waals surface area (Å²) < 4.78 is 13.2. The Hall–Kier alpha value is -1.33. The lowest BCUT2D eigenvalue weighted by Gasteiger charge is -1.96. The topological polar surface area (TPSA) is 23.8 Å². The average molecular weight is 210 g/mol. The Morgan fingerprint density at radius 1 is 1.50 bits per heavy atom. The molecule has 0 aromatic heterocycles. The maximum absolute atomic E-state index is 13.2. The summed E-state index contributed by atoms with van der Waals surface area (Å²) in [4.78, 5) is 0. The minimum Gasteiger partial charge on any atom is -0.206 e. The van der Waals surface area contributed by atoms with Gasteiger partial charge in [-0.1, -0.05) is 18.2 Å². The fraction of sp³-hybridized carbons (Fsp3) is 0.182. The zero-order valence-corrected chi connectivity index (χ0v) is 8.26. The molecule has 0 bridgehead atoms. The molecule has 0 amide bonds. The van der Waals surface area contributed by atoms with E-state index in [9.17, 15) is 4.39 Å². The van der Waals surface area contributed by atoms with E-state index in [1.165, 1.54) is 6.07 Å². The van der Waals surface area contributed by atoms with Gasteiger partial charge in [-0.05, 0) is 18.6 Å². The zero-order chi connectivity index (χ0) is 10.4.